The Labute approximate surface area is 116 Å². The van der Waals surface area contributed by atoms with E-state index >= 15 is 0 Å². The second-order valence-corrected chi connectivity index (χ2v) is 4.35. The van der Waals surface area contributed by atoms with Crippen molar-refractivity contribution in [3.05, 3.63) is 20.5 Å². The van der Waals surface area contributed by atoms with Crippen LogP contribution < -0.4 is 21.3 Å². The fourth-order valence-corrected chi connectivity index (χ4v) is 1.78. The zero-order valence-electron chi connectivity index (χ0n) is 9.95. The Balaban J connectivity index is 2.34. The number of anilines is 2. The zero-order valence-corrected chi connectivity index (χ0v) is 11.5. The number of fused-ring (bicyclic) bond motifs is 1. The maximum absolute atomic E-state index is 11.7. The Morgan fingerprint density at radius 1 is 1.63 bits per heavy atom. The van der Waals surface area contributed by atoms with Crippen LogP contribution in [0.5, 0.6) is 5.88 Å². The Morgan fingerprint density at radius 2 is 2.37 bits per heavy atom. The van der Waals surface area contributed by atoms with E-state index in [4.69, 9.17) is 15.2 Å². The molecule has 0 aromatic carbocycles. The average Bonchev–Trinajstić information content (AvgIpc) is 2.37. The molecule has 9 heteroatoms. The van der Waals surface area contributed by atoms with Gasteiger partial charge in [-0.15, -0.1) is 0 Å². The first kappa shape index (κ1) is 13.4. The normalized spacial score (nSPS) is 15.9. The first-order valence-corrected chi connectivity index (χ1v) is 6.17. The molecule has 2 heterocycles. The van der Waals surface area contributed by atoms with Crippen LogP contribution in [0.1, 0.15) is 6.92 Å². The molecule has 0 saturated carbocycles. The minimum atomic E-state index is -0.545. The Morgan fingerprint density at radius 3 is 3.05 bits per heavy atom. The summed E-state index contributed by atoms with van der Waals surface area (Å²) in [5.41, 5.74) is 5.38. The van der Waals surface area contributed by atoms with Crippen molar-refractivity contribution in [2.45, 2.75) is 6.92 Å². The van der Waals surface area contributed by atoms with E-state index in [1.807, 2.05) is 0 Å². The molecule has 0 aliphatic carbocycles. The molecule has 0 radical (unpaired) electrons. The zero-order chi connectivity index (χ0) is 14.0. The van der Waals surface area contributed by atoms with Crippen molar-refractivity contribution >= 4 is 33.5 Å². The third-order valence-electron chi connectivity index (χ3n) is 2.25. The molecule has 4 N–H and O–H groups in total. The lowest BCUT2D eigenvalue weighted by Gasteiger charge is -2.20. The molecule has 1 aromatic heterocycles. The highest BCUT2D eigenvalue weighted by molar-refractivity contribution is 9.12. The monoisotopic (exact) mass is 330 g/mol. The molecule has 8 nitrogen and oxygen atoms in total. The van der Waals surface area contributed by atoms with Gasteiger partial charge in [0.1, 0.15) is 11.1 Å². The molecular weight excluding hydrogens is 320 g/mol. The highest BCUT2D eigenvalue weighted by Gasteiger charge is 2.23. The Hall–Kier alpha value is -2.03. The van der Waals surface area contributed by atoms with Crippen molar-refractivity contribution in [2.75, 3.05) is 24.3 Å². The van der Waals surface area contributed by atoms with Crippen LogP contribution in [-0.4, -0.2) is 29.2 Å². The summed E-state index contributed by atoms with van der Waals surface area (Å²) < 4.78 is 10.3. The van der Waals surface area contributed by atoms with Crippen LogP contribution in [0.3, 0.4) is 0 Å². The molecule has 19 heavy (non-hydrogen) atoms. The van der Waals surface area contributed by atoms with Crippen LogP contribution in [0, 0.1) is 0 Å². The van der Waals surface area contributed by atoms with E-state index in [9.17, 15) is 9.59 Å². The van der Waals surface area contributed by atoms with Gasteiger partial charge in [-0.25, -0.2) is 4.79 Å². The second-order valence-electron chi connectivity index (χ2n) is 3.56. The fourth-order valence-electron chi connectivity index (χ4n) is 1.45. The summed E-state index contributed by atoms with van der Waals surface area (Å²) in [6.45, 7) is 1.99. The highest BCUT2D eigenvalue weighted by Crippen LogP contribution is 2.27. The number of H-pyrrole nitrogens is 1. The summed E-state index contributed by atoms with van der Waals surface area (Å²) in [7, 11) is 0. The van der Waals surface area contributed by atoms with Crippen molar-refractivity contribution < 1.29 is 14.3 Å². The molecule has 0 spiro atoms. The van der Waals surface area contributed by atoms with E-state index in [1.54, 1.807) is 6.92 Å². The number of nitrogens with one attached hydrogen (secondary N) is 2. The van der Waals surface area contributed by atoms with Crippen LogP contribution in [0.2, 0.25) is 0 Å². The number of halogens is 1. The summed E-state index contributed by atoms with van der Waals surface area (Å²) in [6, 6.07) is 0. The van der Waals surface area contributed by atoms with Crippen LogP contribution in [0.15, 0.2) is 15.0 Å². The molecule has 102 valence electrons. The molecule has 2 rings (SSSR count). The van der Waals surface area contributed by atoms with Crippen LogP contribution in [-0.2, 0) is 9.53 Å². The predicted octanol–water partition coefficient (Wildman–Crippen LogP) is 0.326. The van der Waals surface area contributed by atoms with Crippen molar-refractivity contribution in [1.29, 1.82) is 0 Å². The van der Waals surface area contributed by atoms with Crippen molar-refractivity contribution in [1.82, 2.24) is 9.97 Å². The summed E-state index contributed by atoms with van der Waals surface area (Å²) in [4.78, 5) is 29.4. The first-order chi connectivity index (χ1) is 9.02. The second kappa shape index (κ2) is 5.31. The van der Waals surface area contributed by atoms with Gasteiger partial charge in [-0.1, -0.05) is 0 Å². The fraction of sp³-hybridized carbons (Fsp3) is 0.300. The van der Waals surface area contributed by atoms with Gasteiger partial charge in [0.2, 0.25) is 11.8 Å². The first-order valence-electron chi connectivity index (χ1n) is 5.38. The van der Waals surface area contributed by atoms with E-state index < -0.39 is 11.5 Å². The van der Waals surface area contributed by atoms with Gasteiger partial charge in [0.25, 0.3) is 5.56 Å². The number of rotatable bonds is 2. The number of nitrogens with two attached hydrogens (primary N) is 1. The van der Waals surface area contributed by atoms with Gasteiger partial charge in [-0.3, -0.25) is 9.78 Å². The summed E-state index contributed by atoms with van der Waals surface area (Å²) in [5.74, 6) is -0.492. The number of carbonyl (C=O) groups excluding carboxylic acids is 1. The number of ether oxygens (including phenoxy) is 2. The highest BCUT2D eigenvalue weighted by atomic mass is 79.9. The van der Waals surface area contributed by atoms with Gasteiger partial charge in [0.05, 0.1) is 12.3 Å². The standard InChI is InChI=1S/C10H11BrN4O4/c1-2-18-9(17)5(11)4-3-19-8-6(13-4)7(16)14-10(12)15-8/h13H,2-3H2,1H3,(H3,12,14,15,16)/b5-4-. The van der Waals surface area contributed by atoms with E-state index in [1.165, 1.54) is 0 Å². The lowest BCUT2D eigenvalue weighted by molar-refractivity contribution is -0.137. The van der Waals surface area contributed by atoms with Gasteiger partial charge in [-0.2, -0.15) is 4.98 Å². The molecule has 0 fully saturated rings. The van der Waals surface area contributed by atoms with E-state index in [2.05, 4.69) is 31.2 Å². The maximum Gasteiger partial charge on any atom is 0.347 e. The molecule has 0 atom stereocenters. The van der Waals surface area contributed by atoms with Gasteiger partial charge in [0.15, 0.2) is 5.69 Å². The number of aromatic nitrogens is 2. The molecule has 1 aromatic rings. The number of hydrogen-bond donors (Lipinski definition) is 3. The topological polar surface area (TPSA) is 119 Å². The quantitative estimate of drug-likeness (QED) is 0.527. The van der Waals surface area contributed by atoms with Crippen LogP contribution >= 0.6 is 15.9 Å². The van der Waals surface area contributed by atoms with Crippen molar-refractivity contribution in [2.24, 2.45) is 0 Å². The molecule has 1 aliphatic rings. The van der Waals surface area contributed by atoms with E-state index in [0.29, 0.717) is 5.70 Å². The van der Waals surface area contributed by atoms with E-state index in [0.717, 1.165) is 0 Å². The molecular formula is C10H11BrN4O4. The lowest BCUT2D eigenvalue weighted by Crippen LogP contribution is -2.27. The third-order valence-corrected chi connectivity index (χ3v) is 3.06. The largest absolute Gasteiger partial charge is 0.469 e. The minimum absolute atomic E-state index is 0.0394. The van der Waals surface area contributed by atoms with E-state index in [-0.39, 0.29) is 35.2 Å². The van der Waals surface area contributed by atoms with Gasteiger partial charge in [0, 0.05) is 0 Å². The van der Waals surface area contributed by atoms with Gasteiger partial charge in [-0.05, 0) is 22.9 Å². The summed E-state index contributed by atoms with van der Waals surface area (Å²) >= 11 is 3.10. The number of carbonyl (C=O) groups is 1. The number of nitrogens with zero attached hydrogens (tertiary/aromatic N) is 1. The molecule has 0 saturated heterocycles. The molecule has 1 aliphatic heterocycles. The summed E-state index contributed by atoms with van der Waals surface area (Å²) in [6.07, 6.45) is 0. The number of esters is 1. The van der Waals surface area contributed by atoms with Crippen molar-refractivity contribution in [3.63, 3.8) is 0 Å². The molecule has 0 amide bonds. The van der Waals surface area contributed by atoms with Crippen molar-refractivity contribution in [3.8, 4) is 5.88 Å². The Bertz CT molecular complexity index is 610. The lowest BCUT2D eigenvalue weighted by atomic mass is 10.3. The number of nitrogen functional groups attached to an aromatic ring is 1. The smallest absolute Gasteiger partial charge is 0.347 e. The average molecular weight is 331 g/mol. The van der Waals surface area contributed by atoms with Crippen LogP contribution in [0.25, 0.3) is 0 Å². The van der Waals surface area contributed by atoms with Gasteiger partial charge >= 0.3 is 5.97 Å². The molecule has 0 bridgehead atoms. The molecule has 0 unspecified atom stereocenters. The Kier molecular flexibility index (Phi) is 3.74. The number of hydrogen-bond acceptors (Lipinski definition) is 7. The number of aromatic amines is 1. The third kappa shape index (κ3) is 2.70. The predicted molar refractivity (Wildman–Crippen MR) is 71.0 cm³/mol. The maximum atomic E-state index is 11.7. The SMILES string of the molecule is CCOC(=O)/C(Br)=C1\COc2nc(N)[nH]c(=O)c2N1. The van der Waals surface area contributed by atoms with Gasteiger partial charge < -0.3 is 20.5 Å². The minimum Gasteiger partial charge on any atom is -0.469 e. The van der Waals surface area contributed by atoms with Crippen LogP contribution in [0.4, 0.5) is 11.6 Å². The summed E-state index contributed by atoms with van der Waals surface area (Å²) in [5, 5.41) is 2.78.